The van der Waals surface area contributed by atoms with E-state index in [1.807, 2.05) is 0 Å². The lowest BCUT2D eigenvalue weighted by Crippen LogP contribution is -2.59. The van der Waals surface area contributed by atoms with E-state index in [0.717, 1.165) is 0 Å². The topological polar surface area (TPSA) is 18.5 Å². The first-order chi connectivity index (χ1) is 9.68. The molecule has 120 valence electrons. The van der Waals surface area contributed by atoms with Gasteiger partial charge in [0.05, 0.1) is 0 Å². The van der Waals surface area contributed by atoms with Gasteiger partial charge < -0.3 is 8.85 Å². The minimum atomic E-state index is -4.94. The maximum absolute atomic E-state index is 13.6. The van der Waals surface area contributed by atoms with Gasteiger partial charge in [-0.1, -0.05) is 37.3 Å². The molecule has 0 saturated carbocycles. The van der Waals surface area contributed by atoms with Gasteiger partial charge in [-0.05, 0) is 18.2 Å². The molecule has 1 rings (SSSR count). The average Bonchev–Trinajstić information content (AvgIpc) is 2.45. The molecule has 21 heavy (non-hydrogen) atoms. The zero-order valence-corrected chi connectivity index (χ0v) is 12.7. The minimum absolute atomic E-state index is 0.0783. The number of halogens is 5. The van der Waals surface area contributed by atoms with Crippen LogP contribution in [0.15, 0.2) is 30.3 Å². The molecule has 0 N–H and O–H groups in total. The van der Waals surface area contributed by atoms with E-state index in [9.17, 15) is 22.0 Å². The fraction of sp³-hybridized carbons (Fsp3) is 0.538. The largest absolute Gasteiger partial charge is 0.414 e. The summed E-state index contributed by atoms with van der Waals surface area (Å²) in [6.45, 7) is 0.552. The predicted molar refractivity (Wildman–Crippen MR) is 70.9 cm³/mol. The smallest absolute Gasteiger partial charge is 0.391 e. The maximum Gasteiger partial charge on any atom is 0.414 e. The normalized spacial score (nSPS) is 15.8. The van der Waals surface area contributed by atoms with Crippen LogP contribution in [0.2, 0.25) is 6.55 Å². The number of hydrogen-bond acceptors (Lipinski definition) is 2. The molecule has 0 bridgehead atoms. The molecule has 2 nitrogen and oxygen atoms in total. The third kappa shape index (κ3) is 4.24. The molecule has 0 heterocycles. The summed E-state index contributed by atoms with van der Waals surface area (Å²) in [5, 5.41) is 0.271. The lowest BCUT2D eigenvalue weighted by Gasteiger charge is -2.34. The molecule has 0 spiro atoms. The Balaban J connectivity index is 3.09. The summed E-state index contributed by atoms with van der Waals surface area (Å²) in [6, 6.07) is 7.69. The zero-order chi connectivity index (χ0) is 16.1. The van der Waals surface area contributed by atoms with E-state index in [1.165, 1.54) is 18.7 Å². The van der Waals surface area contributed by atoms with Gasteiger partial charge in [0.2, 0.25) is 0 Å². The van der Waals surface area contributed by atoms with Crippen molar-refractivity contribution in [3.05, 3.63) is 30.3 Å². The SMILES string of the molecule is CCCO[Si](C)(OC(F)(F)C(F)(F)CF)c1ccccc1. The van der Waals surface area contributed by atoms with Crippen LogP contribution in [0.1, 0.15) is 13.3 Å². The second kappa shape index (κ2) is 6.84. The summed E-state index contributed by atoms with van der Waals surface area (Å²) in [5.74, 6) is -4.90. The van der Waals surface area contributed by atoms with Crippen molar-refractivity contribution in [1.82, 2.24) is 0 Å². The van der Waals surface area contributed by atoms with Crippen molar-refractivity contribution in [2.75, 3.05) is 13.3 Å². The monoisotopic (exact) mass is 328 g/mol. The van der Waals surface area contributed by atoms with Crippen LogP contribution < -0.4 is 5.19 Å². The van der Waals surface area contributed by atoms with E-state index in [4.69, 9.17) is 4.43 Å². The summed E-state index contributed by atoms with van der Waals surface area (Å²) < 4.78 is 75.0. The summed E-state index contributed by atoms with van der Waals surface area (Å²) >= 11 is 0. The molecule has 0 aliphatic rings. The number of alkyl halides is 5. The van der Waals surface area contributed by atoms with Gasteiger partial charge in [0.25, 0.3) is 0 Å². The molecule has 0 aromatic heterocycles. The summed E-state index contributed by atoms with van der Waals surface area (Å²) in [5.41, 5.74) is 0. The van der Waals surface area contributed by atoms with Gasteiger partial charge in [0, 0.05) is 6.61 Å². The summed E-state index contributed by atoms with van der Waals surface area (Å²) in [6.07, 6.45) is -4.43. The van der Waals surface area contributed by atoms with Crippen LogP contribution in [-0.2, 0) is 8.85 Å². The van der Waals surface area contributed by atoms with Crippen molar-refractivity contribution < 1.29 is 30.8 Å². The van der Waals surface area contributed by atoms with Crippen LogP contribution in [0, 0.1) is 0 Å². The quantitative estimate of drug-likeness (QED) is 0.536. The Labute approximate surface area is 121 Å². The maximum atomic E-state index is 13.6. The van der Waals surface area contributed by atoms with E-state index >= 15 is 0 Å². The van der Waals surface area contributed by atoms with E-state index in [-0.39, 0.29) is 11.8 Å². The first kappa shape index (κ1) is 18.1. The second-order valence-corrected chi connectivity index (χ2v) is 7.58. The molecular formula is C13H17F5O2Si. The molecular weight excluding hydrogens is 311 g/mol. The van der Waals surface area contributed by atoms with E-state index < -0.39 is 27.3 Å². The highest BCUT2D eigenvalue weighted by molar-refractivity contribution is 6.80. The summed E-state index contributed by atoms with van der Waals surface area (Å²) in [7, 11) is -3.80. The van der Waals surface area contributed by atoms with Gasteiger partial charge in [0.1, 0.15) is 0 Å². The fourth-order valence-corrected chi connectivity index (χ4v) is 3.98. The first-order valence-electron chi connectivity index (χ1n) is 6.40. The Hall–Kier alpha value is -0.993. The molecule has 1 aromatic carbocycles. The van der Waals surface area contributed by atoms with Gasteiger partial charge in [-0.2, -0.15) is 17.6 Å². The molecule has 0 saturated heterocycles. The van der Waals surface area contributed by atoms with E-state index in [1.54, 1.807) is 25.1 Å². The second-order valence-electron chi connectivity index (χ2n) is 4.62. The molecule has 0 aliphatic heterocycles. The van der Waals surface area contributed by atoms with Gasteiger partial charge in [-0.3, -0.25) is 0 Å². The highest BCUT2D eigenvalue weighted by Crippen LogP contribution is 2.38. The Morgan fingerprint density at radius 1 is 1.10 bits per heavy atom. The Bertz CT molecular complexity index is 443. The number of hydrogen-bond donors (Lipinski definition) is 0. The third-order valence-corrected chi connectivity index (χ3v) is 5.58. The average molecular weight is 328 g/mol. The highest BCUT2D eigenvalue weighted by atomic mass is 28.4. The molecule has 8 heteroatoms. The lowest BCUT2D eigenvalue weighted by atomic mass is 10.3. The van der Waals surface area contributed by atoms with Crippen molar-refractivity contribution in [2.24, 2.45) is 0 Å². The third-order valence-electron chi connectivity index (χ3n) is 2.80. The van der Waals surface area contributed by atoms with Crippen molar-refractivity contribution in [1.29, 1.82) is 0 Å². The van der Waals surface area contributed by atoms with Gasteiger partial charge in [-0.15, -0.1) is 0 Å². The fourth-order valence-electron chi connectivity index (χ4n) is 1.61. The highest BCUT2D eigenvalue weighted by Gasteiger charge is 2.62. The zero-order valence-electron chi connectivity index (χ0n) is 11.7. The molecule has 0 amide bonds. The number of benzene rings is 1. The lowest BCUT2D eigenvalue weighted by molar-refractivity contribution is -0.321. The Morgan fingerprint density at radius 2 is 1.67 bits per heavy atom. The number of rotatable bonds is 8. The van der Waals surface area contributed by atoms with Crippen LogP contribution >= 0.6 is 0 Å². The molecule has 0 radical (unpaired) electrons. The van der Waals surface area contributed by atoms with Crippen molar-refractivity contribution in [3.8, 4) is 0 Å². The van der Waals surface area contributed by atoms with E-state index in [0.29, 0.717) is 6.42 Å². The van der Waals surface area contributed by atoms with Gasteiger partial charge >= 0.3 is 20.6 Å². The Kier molecular flexibility index (Phi) is 5.89. The standard InChI is InChI=1S/C13H17F5O2Si/c1-3-9-19-21(2,11-7-5-4-6-8-11)20-13(17,18)12(15,16)10-14/h4-8H,3,9-10H2,1-2H3. The summed E-state index contributed by atoms with van der Waals surface area (Å²) in [4.78, 5) is 0. The molecule has 1 unspecified atom stereocenters. The first-order valence-corrected chi connectivity index (χ1v) is 8.71. The van der Waals surface area contributed by atoms with Crippen molar-refractivity contribution in [3.63, 3.8) is 0 Å². The van der Waals surface area contributed by atoms with E-state index in [2.05, 4.69) is 4.43 Å². The molecule has 0 aliphatic carbocycles. The minimum Gasteiger partial charge on any atom is -0.391 e. The Morgan fingerprint density at radius 3 is 2.14 bits per heavy atom. The van der Waals surface area contributed by atoms with Gasteiger partial charge in [-0.25, -0.2) is 4.39 Å². The van der Waals surface area contributed by atoms with Crippen LogP contribution in [0.3, 0.4) is 0 Å². The molecule has 0 fully saturated rings. The van der Waals surface area contributed by atoms with Crippen LogP contribution in [0.5, 0.6) is 0 Å². The van der Waals surface area contributed by atoms with Crippen molar-refractivity contribution >= 4 is 13.7 Å². The predicted octanol–water partition coefficient (Wildman–Crippen LogP) is 3.61. The van der Waals surface area contributed by atoms with Gasteiger partial charge in [0.15, 0.2) is 6.67 Å². The van der Waals surface area contributed by atoms with Crippen LogP contribution in [-0.4, -0.2) is 33.9 Å². The van der Waals surface area contributed by atoms with Crippen LogP contribution in [0.4, 0.5) is 22.0 Å². The van der Waals surface area contributed by atoms with Crippen molar-refractivity contribution in [2.45, 2.75) is 31.9 Å². The van der Waals surface area contributed by atoms with Crippen LogP contribution in [0.25, 0.3) is 0 Å². The molecule has 1 atom stereocenters. The molecule has 1 aromatic rings.